The zero-order valence-electron chi connectivity index (χ0n) is 15.2. The van der Waals surface area contributed by atoms with Crippen molar-refractivity contribution in [3.05, 3.63) is 64.7 Å². The summed E-state index contributed by atoms with van der Waals surface area (Å²) in [5, 5.41) is 10.0. The third-order valence-electron chi connectivity index (χ3n) is 4.67. The number of benzene rings is 2. The fourth-order valence-corrected chi connectivity index (χ4v) is 3.38. The molecule has 0 saturated heterocycles. The standard InChI is InChI=1S/C20H23N3O4/c1-27-19(24)17-5-2-4-14(11-17)12-22-9-3-6-16-10-15(7-8-18(16)22)13-23(26)20(21)25/h2,4-5,7-8,10-11,26H,3,6,9,12-13H2,1H3,(H2,21,25). The number of nitrogens with zero attached hydrogens (tertiary/aromatic N) is 2. The average molecular weight is 369 g/mol. The molecule has 2 aromatic carbocycles. The first-order valence-corrected chi connectivity index (χ1v) is 8.78. The zero-order valence-corrected chi connectivity index (χ0v) is 15.2. The highest BCUT2D eigenvalue weighted by atomic mass is 16.5. The number of urea groups is 1. The van der Waals surface area contributed by atoms with Gasteiger partial charge in [0.2, 0.25) is 0 Å². The lowest BCUT2D eigenvalue weighted by molar-refractivity contribution is -0.0470. The van der Waals surface area contributed by atoms with Crippen LogP contribution in [-0.2, 0) is 24.2 Å². The number of hydrogen-bond donors (Lipinski definition) is 2. The van der Waals surface area contributed by atoms with Crippen LogP contribution in [0.15, 0.2) is 42.5 Å². The van der Waals surface area contributed by atoms with E-state index >= 15 is 0 Å². The Morgan fingerprint density at radius 3 is 2.78 bits per heavy atom. The molecule has 142 valence electrons. The fraction of sp³-hybridized carbons (Fsp3) is 0.300. The predicted molar refractivity (Wildman–Crippen MR) is 101 cm³/mol. The lowest BCUT2D eigenvalue weighted by Gasteiger charge is -2.32. The zero-order chi connectivity index (χ0) is 19.4. The average Bonchev–Trinajstić information content (AvgIpc) is 2.67. The molecule has 2 aromatic rings. The van der Waals surface area contributed by atoms with E-state index in [-0.39, 0.29) is 12.5 Å². The molecule has 3 N–H and O–H groups in total. The monoisotopic (exact) mass is 369 g/mol. The number of hydroxylamine groups is 2. The number of carbonyl (C=O) groups is 2. The first-order valence-electron chi connectivity index (χ1n) is 8.78. The van der Waals surface area contributed by atoms with Gasteiger partial charge in [-0.3, -0.25) is 5.21 Å². The number of aryl methyl sites for hydroxylation is 1. The second kappa shape index (κ2) is 8.09. The van der Waals surface area contributed by atoms with Crippen molar-refractivity contribution >= 4 is 17.7 Å². The van der Waals surface area contributed by atoms with Crippen LogP contribution in [0.2, 0.25) is 0 Å². The number of fused-ring (bicyclic) bond motifs is 1. The Labute approximate surface area is 157 Å². The van der Waals surface area contributed by atoms with Crippen LogP contribution in [0.3, 0.4) is 0 Å². The van der Waals surface area contributed by atoms with E-state index in [1.165, 1.54) is 12.7 Å². The minimum Gasteiger partial charge on any atom is -0.465 e. The van der Waals surface area contributed by atoms with Gasteiger partial charge in [0.25, 0.3) is 0 Å². The molecule has 0 bridgehead atoms. The number of anilines is 1. The van der Waals surface area contributed by atoms with Crippen molar-refractivity contribution in [1.82, 2.24) is 5.06 Å². The number of ether oxygens (including phenoxy) is 1. The van der Waals surface area contributed by atoms with Crippen molar-refractivity contribution in [2.45, 2.75) is 25.9 Å². The number of esters is 1. The van der Waals surface area contributed by atoms with Gasteiger partial charge >= 0.3 is 12.0 Å². The van der Waals surface area contributed by atoms with Crippen LogP contribution in [0, 0.1) is 0 Å². The Kier molecular flexibility index (Phi) is 5.61. The normalized spacial score (nSPS) is 13.0. The van der Waals surface area contributed by atoms with Crippen LogP contribution < -0.4 is 10.6 Å². The van der Waals surface area contributed by atoms with Gasteiger partial charge in [0.1, 0.15) is 0 Å². The van der Waals surface area contributed by atoms with Crippen LogP contribution in [0.4, 0.5) is 10.5 Å². The molecule has 0 spiro atoms. The summed E-state index contributed by atoms with van der Waals surface area (Å²) in [5.74, 6) is -0.344. The molecule has 0 atom stereocenters. The van der Waals surface area contributed by atoms with Crippen LogP contribution in [-0.4, -0.2) is 35.9 Å². The van der Waals surface area contributed by atoms with E-state index in [9.17, 15) is 14.8 Å². The SMILES string of the molecule is COC(=O)c1cccc(CN2CCCc3cc(CN(O)C(N)=O)ccc32)c1. The summed E-state index contributed by atoms with van der Waals surface area (Å²) < 4.78 is 4.79. The Bertz CT molecular complexity index is 853. The van der Waals surface area contributed by atoms with Crippen LogP contribution in [0.5, 0.6) is 0 Å². The molecule has 0 radical (unpaired) electrons. The maximum absolute atomic E-state index is 11.7. The van der Waals surface area contributed by atoms with Gasteiger partial charge in [-0.25, -0.2) is 14.7 Å². The Morgan fingerprint density at radius 1 is 1.22 bits per heavy atom. The molecule has 1 aliphatic heterocycles. The van der Waals surface area contributed by atoms with E-state index in [0.717, 1.165) is 36.2 Å². The number of carbonyl (C=O) groups excluding carboxylic acids is 2. The van der Waals surface area contributed by atoms with Gasteiger partial charge < -0.3 is 15.4 Å². The molecule has 0 unspecified atom stereocenters. The summed E-state index contributed by atoms with van der Waals surface area (Å²) in [4.78, 5) is 25.0. The minimum atomic E-state index is -0.875. The van der Waals surface area contributed by atoms with Gasteiger partial charge in [0.15, 0.2) is 0 Å². The quantitative estimate of drug-likeness (QED) is 0.480. The Morgan fingerprint density at radius 2 is 2.04 bits per heavy atom. The molecule has 0 saturated carbocycles. The van der Waals surface area contributed by atoms with E-state index in [1.54, 1.807) is 6.07 Å². The highest BCUT2D eigenvalue weighted by Gasteiger charge is 2.19. The first-order chi connectivity index (χ1) is 13.0. The molecule has 0 aromatic heterocycles. The van der Waals surface area contributed by atoms with E-state index in [4.69, 9.17) is 10.5 Å². The second-order valence-electron chi connectivity index (χ2n) is 6.58. The third-order valence-corrected chi connectivity index (χ3v) is 4.67. The molecule has 0 aliphatic carbocycles. The summed E-state index contributed by atoms with van der Waals surface area (Å²) in [7, 11) is 1.37. The molecule has 27 heavy (non-hydrogen) atoms. The number of rotatable bonds is 5. The van der Waals surface area contributed by atoms with Gasteiger partial charge in [0.05, 0.1) is 19.2 Å². The Hall–Kier alpha value is -3.06. The third kappa shape index (κ3) is 4.38. The number of amides is 2. The van der Waals surface area contributed by atoms with E-state index in [0.29, 0.717) is 17.2 Å². The highest BCUT2D eigenvalue weighted by Crippen LogP contribution is 2.30. The first kappa shape index (κ1) is 18.7. The second-order valence-corrected chi connectivity index (χ2v) is 6.58. The maximum atomic E-state index is 11.7. The topological polar surface area (TPSA) is 96.1 Å². The fourth-order valence-electron chi connectivity index (χ4n) is 3.38. The number of hydrogen-bond acceptors (Lipinski definition) is 5. The van der Waals surface area contributed by atoms with Gasteiger partial charge in [-0.1, -0.05) is 24.3 Å². The van der Waals surface area contributed by atoms with Crippen molar-refractivity contribution in [2.75, 3.05) is 18.6 Å². The largest absolute Gasteiger partial charge is 0.465 e. The number of methoxy groups -OCH3 is 1. The number of primary amides is 1. The van der Waals surface area contributed by atoms with Crippen LogP contribution >= 0.6 is 0 Å². The van der Waals surface area contributed by atoms with Crippen LogP contribution in [0.1, 0.15) is 33.5 Å². The van der Waals surface area contributed by atoms with Crippen molar-refractivity contribution in [3.63, 3.8) is 0 Å². The summed E-state index contributed by atoms with van der Waals surface area (Å²) in [6.45, 7) is 1.66. The van der Waals surface area contributed by atoms with Crippen molar-refractivity contribution in [2.24, 2.45) is 5.73 Å². The van der Waals surface area contributed by atoms with Crippen molar-refractivity contribution < 1.29 is 19.5 Å². The summed E-state index contributed by atoms with van der Waals surface area (Å²) in [5.41, 5.74) is 9.75. The molecule has 0 fully saturated rings. The van der Waals surface area contributed by atoms with E-state index in [1.807, 2.05) is 36.4 Å². The van der Waals surface area contributed by atoms with Gasteiger partial charge in [0, 0.05) is 18.8 Å². The molecule has 3 rings (SSSR count). The molecule has 1 aliphatic rings. The number of nitrogens with two attached hydrogens (primary N) is 1. The van der Waals surface area contributed by atoms with E-state index < -0.39 is 6.03 Å². The molecule has 1 heterocycles. The van der Waals surface area contributed by atoms with Gasteiger partial charge in [-0.2, -0.15) is 0 Å². The van der Waals surface area contributed by atoms with Crippen molar-refractivity contribution in [3.8, 4) is 0 Å². The van der Waals surface area contributed by atoms with E-state index in [2.05, 4.69) is 4.90 Å². The van der Waals surface area contributed by atoms with Crippen LogP contribution in [0.25, 0.3) is 0 Å². The van der Waals surface area contributed by atoms with Gasteiger partial charge in [-0.15, -0.1) is 0 Å². The summed E-state index contributed by atoms with van der Waals surface area (Å²) in [6.07, 6.45) is 1.94. The smallest absolute Gasteiger partial charge is 0.338 e. The molecular formula is C20H23N3O4. The lowest BCUT2D eigenvalue weighted by Crippen LogP contribution is -2.32. The summed E-state index contributed by atoms with van der Waals surface area (Å²) >= 11 is 0. The highest BCUT2D eigenvalue weighted by molar-refractivity contribution is 5.89. The predicted octanol–water partition coefficient (Wildman–Crippen LogP) is 2.70. The lowest BCUT2D eigenvalue weighted by atomic mass is 9.98. The minimum absolute atomic E-state index is 0.0593. The maximum Gasteiger partial charge on any atom is 0.338 e. The summed E-state index contributed by atoms with van der Waals surface area (Å²) in [6, 6.07) is 12.5. The molecule has 2 amide bonds. The molecular weight excluding hydrogens is 346 g/mol. The Balaban J connectivity index is 1.78. The molecule has 7 heteroatoms. The van der Waals surface area contributed by atoms with Crippen molar-refractivity contribution in [1.29, 1.82) is 0 Å². The molecule has 7 nitrogen and oxygen atoms in total. The van der Waals surface area contributed by atoms with Gasteiger partial charge in [-0.05, 0) is 47.7 Å².